The number of benzene rings is 1. The molecule has 1 aromatic carbocycles. The summed E-state index contributed by atoms with van der Waals surface area (Å²) in [6, 6.07) is 6.33. The summed E-state index contributed by atoms with van der Waals surface area (Å²) in [6.45, 7) is 2.96. The molecule has 1 heterocycles. The van der Waals surface area contributed by atoms with E-state index in [1.807, 2.05) is 23.7 Å². The highest BCUT2D eigenvalue weighted by Gasteiger charge is 2.11. The Morgan fingerprint density at radius 3 is 2.94 bits per heavy atom. The van der Waals surface area contributed by atoms with Gasteiger partial charge in [0.25, 0.3) is 0 Å². The van der Waals surface area contributed by atoms with Crippen LogP contribution in [0.25, 0.3) is 0 Å². The van der Waals surface area contributed by atoms with E-state index >= 15 is 0 Å². The van der Waals surface area contributed by atoms with E-state index in [9.17, 15) is 0 Å². The van der Waals surface area contributed by atoms with Crippen LogP contribution in [0.3, 0.4) is 0 Å². The van der Waals surface area contributed by atoms with Gasteiger partial charge in [-0.15, -0.1) is 11.3 Å². The van der Waals surface area contributed by atoms with Gasteiger partial charge >= 0.3 is 0 Å². The molecule has 1 atom stereocenters. The molecule has 2 rings (SSSR count). The monoisotopic (exact) mass is 344 g/mol. The molecule has 0 fully saturated rings. The minimum atomic E-state index is 0.312. The molecule has 0 saturated carbocycles. The fourth-order valence-corrected chi connectivity index (χ4v) is 2.95. The van der Waals surface area contributed by atoms with Gasteiger partial charge in [-0.1, -0.05) is 24.6 Å². The molecule has 2 nitrogen and oxygen atoms in total. The Bertz CT molecular complexity index is 502. The first-order valence-electron chi connectivity index (χ1n) is 5.77. The average molecular weight is 346 g/mol. The molecule has 0 bridgehead atoms. The first kappa shape index (κ1) is 14.0. The van der Waals surface area contributed by atoms with Crippen LogP contribution in [0.2, 0.25) is 5.02 Å². The summed E-state index contributed by atoms with van der Waals surface area (Å²) in [5, 5.41) is 7.41. The highest BCUT2D eigenvalue weighted by atomic mass is 79.9. The van der Waals surface area contributed by atoms with Crippen molar-refractivity contribution in [2.24, 2.45) is 0 Å². The summed E-state index contributed by atoms with van der Waals surface area (Å²) in [5.74, 6) is 0. The molecule has 0 aliphatic carbocycles. The van der Waals surface area contributed by atoms with Gasteiger partial charge in [-0.2, -0.15) is 0 Å². The number of thiazole rings is 1. The number of hydrogen-bond acceptors (Lipinski definition) is 3. The molecule has 1 aromatic heterocycles. The van der Waals surface area contributed by atoms with Crippen LogP contribution in [0.15, 0.2) is 34.2 Å². The molecule has 0 amide bonds. The Morgan fingerprint density at radius 2 is 2.33 bits per heavy atom. The molecule has 0 spiro atoms. The maximum absolute atomic E-state index is 6.08. The summed E-state index contributed by atoms with van der Waals surface area (Å²) in [5.41, 5.74) is 1.18. The Balaban J connectivity index is 1.99. The van der Waals surface area contributed by atoms with Gasteiger partial charge in [-0.25, -0.2) is 4.98 Å². The lowest BCUT2D eigenvalue weighted by atomic mass is 10.2. The summed E-state index contributed by atoms with van der Waals surface area (Å²) in [7, 11) is 0. The predicted octanol–water partition coefficient (Wildman–Crippen LogP) is 4.80. The van der Waals surface area contributed by atoms with E-state index in [1.54, 1.807) is 11.3 Å². The van der Waals surface area contributed by atoms with Gasteiger partial charge in [0.15, 0.2) is 0 Å². The van der Waals surface area contributed by atoms with Gasteiger partial charge in [0.1, 0.15) is 5.01 Å². The largest absolute Gasteiger partial charge is 0.304 e. The zero-order valence-corrected chi connectivity index (χ0v) is 13.1. The summed E-state index contributed by atoms with van der Waals surface area (Å²) in [4.78, 5) is 4.35. The highest BCUT2D eigenvalue weighted by molar-refractivity contribution is 9.10. The van der Waals surface area contributed by atoms with Crippen LogP contribution in [0, 0.1) is 0 Å². The van der Waals surface area contributed by atoms with E-state index in [-0.39, 0.29) is 0 Å². The van der Waals surface area contributed by atoms with Crippen molar-refractivity contribution in [3.05, 3.63) is 49.8 Å². The number of rotatable bonds is 5. The Morgan fingerprint density at radius 1 is 1.50 bits per heavy atom. The van der Waals surface area contributed by atoms with Crippen LogP contribution >= 0.6 is 38.9 Å². The van der Waals surface area contributed by atoms with Crippen molar-refractivity contribution in [3.63, 3.8) is 0 Å². The fraction of sp³-hybridized carbons (Fsp3) is 0.308. The van der Waals surface area contributed by atoms with E-state index < -0.39 is 0 Å². The van der Waals surface area contributed by atoms with Crippen LogP contribution in [-0.2, 0) is 6.54 Å². The smallest absolute Gasteiger partial charge is 0.109 e. The van der Waals surface area contributed by atoms with E-state index in [1.165, 1.54) is 5.56 Å². The molecule has 1 unspecified atom stereocenters. The van der Waals surface area contributed by atoms with Crippen molar-refractivity contribution < 1.29 is 0 Å². The van der Waals surface area contributed by atoms with E-state index in [0.29, 0.717) is 6.04 Å². The van der Waals surface area contributed by atoms with Crippen LogP contribution in [-0.4, -0.2) is 4.98 Å². The predicted molar refractivity (Wildman–Crippen MR) is 81.1 cm³/mol. The van der Waals surface area contributed by atoms with Crippen LogP contribution < -0.4 is 5.32 Å². The average Bonchev–Trinajstić information content (AvgIpc) is 2.88. The number of halogens is 2. The lowest BCUT2D eigenvalue weighted by Crippen LogP contribution is -2.20. The topological polar surface area (TPSA) is 24.9 Å². The minimum absolute atomic E-state index is 0.312. The van der Waals surface area contributed by atoms with Crippen molar-refractivity contribution in [2.45, 2.75) is 25.9 Å². The summed E-state index contributed by atoms with van der Waals surface area (Å²) >= 11 is 11.2. The maximum atomic E-state index is 6.08. The Hall–Kier alpha value is -0.420. The summed E-state index contributed by atoms with van der Waals surface area (Å²) < 4.78 is 0.930. The Kier molecular flexibility index (Phi) is 5.18. The fourth-order valence-electron chi connectivity index (χ4n) is 1.70. The molecule has 2 aromatic rings. The second-order valence-electron chi connectivity index (χ2n) is 3.96. The number of nitrogens with zero attached hydrogens (tertiary/aromatic N) is 1. The number of hydrogen-bond donors (Lipinski definition) is 1. The molecule has 1 N–H and O–H groups in total. The van der Waals surface area contributed by atoms with Crippen molar-refractivity contribution >= 4 is 38.9 Å². The highest BCUT2D eigenvalue weighted by Crippen LogP contribution is 2.24. The zero-order chi connectivity index (χ0) is 13.0. The van der Waals surface area contributed by atoms with Crippen molar-refractivity contribution in [3.8, 4) is 0 Å². The molecular formula is C13H14BrClN2S. The Labute approximate surface area is 125 Å². The third-order valence-corrected chi connectivity index (χ3v) is 4.82. The van der Waals surface area contributed by atoms with Crippen LogP contribution in [0.1, 0.15) is 30.0 Å². The van der Waals surface area contributed by atoms with E-state index in [2.05, 4.69) is 39.2 Å². The SMILES string of the molecule is CCC(NCc1ccc(Br)c(Cl)c1)c1nccs1. The summed E-state index contributed by atoms with van der Waals surface area (Å²) in [6.07, 6.45) is 2.87. The lowest BCUT2D eigenvalue weighted by molar-refractivity contribution is 0.516. The molecule has 5 heteroatoms. The molecule has 0 saturated heterocycles. The zero-order valence-electron chi connectivity index (χ0n) is 9.99. The lowest BCUT2D eigenvalue weighted by Gasteiger charge is -2.14. The quantitative estimate of drug-likeness (QED) is 0.842. The first-order chi connectivity index (χ1) is 8.70. The van der Waals surface area contributed by atoms with E-state index in [0.717, 1.165) is 27.5 Å². The van der Waals surface area contributed by atoms with Gasteiger partial charge in [-0.3, -0.25) is 0 Å². The normalized spacial score (nSPS) is 12.6. The van der Waals surface area contributed by atoms with Crippen LogP contribution in [0.5, 0.6) is 0 Å². The molecular weight excluding hydrogens is 332 g/mol. The third-order valence-electron chi connectivity index (χ3n) is 2.69. The van der Waals surface area contributed by atoms with Gasteiger partial charge in [0.05, 0.1) is 11.1 Å². The van der Waals surface area contributed by atoms with Crippen molar-refractivity contribution in [2.75, 3.05) is 0 Å². The first-order valence-corrected chi connectivity index (χ1v) is 7.82. The second-order valence-corrected chi connectivity index (χ2v) is 6.15. The van der Waals surface area contributed by atoms with Crippen molar-refractivity contribution in [1.29, 1.82) is 0 Å². The van der Waals surface area contributed by atoms with Gasteiger partial charge in [0, 0.05) is 22.6 Å². The van der Waals surface area contributed by atoms with Gasteiger partial charge in [-0.05, 0) is 40.0 Å². The van der Waals surface area contributed by atoms with Gasteiger partial charge < -0.3 is 5.32 Å². The molecule has 0 radical (unpaired) electrons. The second kappa shape index (κ2) is 6.66. The molecule has 18 heavy (non-hydrogen) atoms. The third kappa shape index (κ3) is 3.54. The van der Waals surface area contributed by atoms with Gasteiger partial charge in [0.2, 0.25) is 0 Å². The molecule has 96 valence electrons. The number of nitrogens with one attached hydrogen (secondary N) is 1. The van der Waals surface area contributed by atoms with E-state index in [4.69, 9.17) is 11.6 Å². The maximum Gasteiger partial charge on any atom is 0.109 e. The minimum Gasteiger partial charge on any atom is -0.304 e. The van der Waals surface area contributed by atoms with Crippen LogP contribution in [0.4, 0.5) is 0 Å². The van der Waals surface area contributed by atoms with Crippen molar-refractivity contribution in [1.82, 2.24) is 10.3 Å². The standard InChI is InChI=1S/C13H14BrClN2S/c1-2-12(13-16-5-6-18-13)17-8-9-3-4-10(14)11(15)7-9/h3-7,12,17H,2,8H2,1H3. The molecule has 0 aliphatic heterocycles. The molecule has 0 aliphatic rings. The number of aromatic nitrogens is 1.